The molecule has 0 N–H and O–H groups in total. The van der Waals surface area contributed by atoms with Crippen LogP contribution in [0.3, 0.4) is 0 Å². The van der Waals surface area contributed by atoms with E-state index in [0.29, 0.717) is 36.3 Å². The van der Waals surface area contributed by atoms with Crippen LogP contribution in [0.1, 0.15) is 33.2 Å². The van der Waals surface area contributed by atoms with Gasteiger partial charge in [0.2, 0.25) is 0 Å². The summed E-state index contributed by atoms with van der Waals surface area (Å²) in [5.74, 6) is 0.142. The molecule has 0 saturated heterocycles. The predicted molar refractivity (Wildman–Crippen MR) is 113 cm³/mol. The van der Waals surface area contributed by atoms with E-state index in [1.54, 1.807) is 42.5 Å². The van der Waals surface area contributed by atoms with Gasteiger partial charge in [-0.15, -0.1) is 6.58 Å². The van der Waals surface area contributed by atoms with Gasteiger partial charge in [-0.2, -0.15) is 0 Å². The summed E-state index contributed by atoms with van der Waals surface area (Å²) in [6.07, 6.45) is 6.16. The molecule has 5 heteroatoms. The van der Waals surface area contributed by atoms with E-state index >= 15 is 0 Å². The fourth-order valence-corrected chi connectivity index (χ4v) is 2.90. The Bertz CT molecular complexity index is 857. The van der Waals surface area contributed by atoms with Gasteiger partial charge in [-0.25, -0.2) is 0 Å². The molecule has 0 aromatic heterocycles. The summed E-state index contributed by atoms with van der Waals surface area (Å²) >= 11 is 3.37. The van der Waals surface area contributed by atoms with Gasteiger partial charge in [0.25, 0.3) is 0 Å². The average molecular weight is 428 g/mol. The number of allylic oxidation sites excluding steroid dienone is 1. The maximum Gasteiger partial charge on any atom is 0.197 e. The zero-order chi connectivity index (χ0) is 19.8. The molecule has 0 heterocycles. The van der Waals surface area contributed by atoms with Crippen LogP contribution in [-0.2, 0) is 0 Å². The van der Waals surface area contributed by atoms with E-state index in [-0.39, 0.29) is 11.3 Å². The van der Waals surface area contributed by atoms with Crippen molar-refractivity contribution in [1.29, 1.82) is 0 Å². The number of nitrogens with zero attached hydrogens (tertiary/aromatic N) is 1. The van der Waals surface area contributed by atoms with Crippen molar-refractivity contribution >= 4 is 33.7 Å². The standard InChI is InChI=1S/C22H22BrNO3/c1-4-6-14-27-22-19(24(3)13-5-2)12-9-17(15-25)20(22)21(26)16-7-10-18(23)11-8-16/h4-12,15H,2,13-14H2,1,3H3. The summed E-state index contributed by atoms with van der Waals surface area (Å²) in [7, 11) is 1.88. The van der Waals surface area contributed by atoms with Crippen molar-refractivity contribution < 1.29 is 14.3 Å². The second kappa shape index (κ2) is 9.88. The summed E-state index contributed by atoms with van der Waals surface area (Å²) in [5.41, 5.74) is 1.78. The van der Waals surface area contributed by atoms with Crippen LogP contribution in [0.15, 0.2) is 65.7 Å². The van der Waals surface area contributed by atoms with Gasteiger partial charge in [0.1, 0.15) is 6.61 Å². The maximum absolute atomic E-state index is 13.2. The lowest BCUT2D eigenvalue weighted by Gasteiger charge is -2.23. The molecule has 0 aliphatic heterocycles. The first kappa shape index (κ1) is 20.6. The first-order chi connectivity index (χ1) is 13.0. The van der Waals surface area contributed by atoms with Crippen molar-refractivity contribution in [2.45, 2.75) is 6.92 Å². The number of halogens is 1. The van der Waals surface area contributed by atoms with Crippen LogP contribution in [0.5, 0.6) is 5.75 Å². The highest BCUT2D eigenvalue weighted by molar-refractivity contribution is 9.10. The highest BCUT2D eigenvalue weighted by Gasteiger charge is 2.23. The average Bonchev–Trinajstić information content (AvgIpc) is 2.67. The number of carbonyl (C=O) groups is 2. The SMILES string of the molecule is C=CCN(C)c1ccc(C=O)c(C(=O)c2ccc(Br)cc2)c1OCC=CC. The van der Waals surface area contributed by atoms with E-state index in [2.05, 4.69) is 22.5 Å². The highest BCUT2D eigenvalue weighted by atomic mass is 79.9. The summed E-state index contributed by atoms with van der Waals surface area (Å²) in [6, 6.07) is 10.5. The number of rotatable bonds is 9. The highest BCUT2D eigenvalue weighted by Crippen LogP contribution is 2.35. The fraction of sp³-hybridized carbons (Fsp3) is 0.182. The molecule has 0 bridgehead atoms. The molecule has 140 valence electrons. The van der Waals surface area contributed by atoms with Crippen LogP contribution in [0.4, 0.5) is 5.69 Å². The van der Waals surface area contributed by atoms with Gasteiger partial charge in [0, 0.05) is 29.2 Å². The number of carbonyl (C=O) groups excluding carboxylic acids is 2. The zero-order valence-corrected chi connectivity index (χ0v) is 17.0. The molecule has 0 atom stereocenters. The van der Waals surface area contributed by atoms with Crippen molar-refractivity contribution in [2.24, 2.45) is 0 Å². The Kier molecular flexibility index (Phi) is 7.55. The molecule has 0 radical (unpaired) electrons. The Hall–Kier alpha value is -2.66. The molecule has 0 spiro atoms. The van der Waals surface area contributed by atoms with E-state index in [4.69, 9.17) is 4.74 Å². The van der Waals surface area contributed by atoms with Crippen molar-refractivity contribution in [3.8, 4) is 5.75 Å². The van der Waals surface area contributed by atoms with Gasteiger partial charge >= 0.3 is 0 Å². The molecule has 27 heavy (non-hydrogen) atoms. The molecule has 0 aliphatic carbocycles. The number of benzene rings is 2. The number of hydrogen-bond acceptors (Lipinski definition) is 4. The van der Waals surface area contributed by atoms with Crippen molar-refractivity contribution in [1.82, 2.24) is 0 Å². The lowest BCUT2D eigenvalue weighted by Crippen LogP contribution is -2.20. The summed E-state index contributed by atoms with van der Waals surface area (Å²) in [5, 5.41) is 0. The summed E-state index contributed by atoms with van der Waals surface area (Å²) < 4.78 is 6.81. The lowest BCUT2D eigenvalue weighted by atomic mass is 9.96. The lowest BCUT2D eigenvalue weighted by molar-refractivity contribution is 0.102. The molecule has 0 fully saturated rings. The molecule has 4 nitrogen and oxygen atoms in total. The van der Waals surface area contributed by atoms with Gasteiger partial charge in [0.05, 0.1) is 11.3 Å². The molecule has 2 aromatic rings. The van der Waals surface area contributed by atoms with Gasteiger partial charge in [-0.05, 0) is 43.3 Å². The van der Waals surface area contributed by atoms with Gasteiger partial charge in [0.15, 0.2) is 17.8 Å². The van der Waals surface area contributed by atoms with Crippen LogP contribution in [0.25, 0.3) is 0 Å². The van der Waals surface area contributed by atoms with Crippen LogP contribution >= 0.6 is 15.9 Å². The fourth-order valence-electron chi connectivity index (χ4n) is 2.63. The van der Waals surface area contributed by atoms with E-state index in [1.165, 1.54) is 0 Å². The molecular weight excluding hydrogens is 406 g/mol. The first-order valence-electron chi connectivity index (χ1n) is 8.51. The number of ether oxygens (including phenoxy) is 1. The Morgan fingerprint density at radius 3 is 2.52 bits per heavy atom. The Labute approximate surface area is 168 Å². The third kappa shape index (κ3) is 4.95. The normalized spacial score (nSPS) is 10.6. The van der Waals surface area contributed by atoms with Crippen molar-refractivity contribution in [3.05, 3.63) is 82.4 Å². The smallest absolute Gasteiger partial charge is 0.197 e. The van der Waals surface area contributed by atoms with E-state index in [0.717, 1.165) is 10.2 Å². The second-order valence-corrected chi connectivity index (χ2v) is 6.80. The monoisotopic (exact) mass is 427 g/mol. The molecule has 2 aromatic carbocycles. The van der Waals surface area contributed by atoms with Gasteiger partial charge < -0.3 is 9.64 Å². The van der Waals surface area contributed by atoms with E-state index < -0.39 is 0 Å². The van der Waals surface area contributed by atoms with Crippen LogP contribution in [-0.4, -0.2) is 32.3 Å². The summed E-state index contributed by atoms with van der Waals surface area (Å²) in [6.45, 7) is 6.53. The molecule has 0 amide bonds. The molecule has 0 saturated carbocycles. The zero-order valence-electron chi connectivity index (χ0n) is 15.4. The Morgan fingerprint density at radius 1 is 1.22 bits per heavy atom. The minimum absolute atomic E-state index is 0.256. The molecule has 2 rings (SSSR count). The van der Waals surface area contributed by atoms with E-state index in [9.17, 15) is 9.59 Å². The van der Waals surface area contributed by atoms with Crippen molar-refractivity contribution in [3.63, 3.8) is 0 Å². The largest absolute Gasteiger partial charge is 0.487 e. The molecule has 0 aliphatic rings. The van der Waals surface area contributed by atoms with Crippen LogP contribution in [0.2, 0.25) is 0 Å². The van der Waals surface area contributed by atoms with E-state index in [1.807, 2.05) is 31.0 Å². The third-order valence-electron chi connectivity index (χ3n) is 4.00. The van der Waals surface area contributed by atoms with Gasteiger partial charge in [-0.3, -0.25) is 9.59 Å². The van der Waals surface area contributed by atoms with Gasteiger partial charge in [-0.1, -0.05) is 34.2 Å². The maximum atomic E-state index is 13.2. The topological polar surface area (TPSA) is 46.6 Å². The van der Waals surface area contributed by atoms with Crippen LogP contribution in [0, 0.1) is 0 Å². The second-order valence-electron chi connectivity index (χ2n) is 5.88. The number of anilines is 1. The minimum atomic E-state index is -0.256. The Morgan fingerprint density at radius 2 is 1.93 bits per heavy atom. The predicted octanol–water partition coefficient (Wildman–Crippen LogP) is 5.07. The minimum Gasteiger partial charge on any atom is -0.487 e. The Balaban J connectivity index is 2.64. The number of likely N-dealkylation sites (N-methyl/N-ethyl adjacent to an activating group) is 1. The van der Waals surface area contributed by atoms with Crippen molar-refractivity contribution in [2.75, 3.05) is 25.1 Å². The first-order valence-corrected chi connectivity index (χ1v) is 9.31. The number of hydrogen-bond donors (Lipinski definition) is 0. The quantitative estimate of drug-likeness (QED) is 0.318. The number of aldehydes is 1. The van der Waals surface area contributed by atoms with Crippen LogP contribution < -0.4 is 9.64 Å². The summed E-state index contributed by atoms with van der Waals surface area (Å²) in [4.78, 5) is 26.8. The number of ketones is 1. The third-order valence-corrected chi connectivity index (χ3v) is 4.53. The molecular formula is C22H22BrNO3. The molecule has 0 unspecified atom stereocenters.